The molecule has 0 N–H and O–H groups in total. The first kappa shape index (κ1) is 8.68. The van der Waals surface area contributed by atoms with Crippen LogP contribution in [0.5, 0.6) is 0 Å². The topological polar surface area (TPSA) is 35.5 Å². The van der Waals surface area contributed by atoms with E-state index in [1.54, 1.807) is 0 Å². The van der Waals surface area contributed by atoms with Gasteiger partial charge in [0.25, 0.3) is 0 Å². The standard InChI is InChI=1S/C8H14O3/c1-3-10-8-6(2)7(9)4-5-11-8/h6,8H,3-5H2,1-2H3/t6-,8-/m0/s1. The van der Waals surface area contributed by atoms with E-state index in [0.29, 0.717) is 19.6 Å². The maximum atomic E-state index is 11.1. The molecule has 0 spiro atoms. The molecule has 0 amide bonds. The second kappa shape index (κ2) is 3.83. The largest absolute Gasteiger partial charge is 0.352 e. The van der Waals surface area contributed by atoms with E-state index in [1.165, 1.54) is 0 Å². The van der Waals surface area contributed by atoms with Crippen LogP contribution in [-0.2, 0) is 14.3 Å². The van der Waals surface area contributed by atoms with Gasteiger partial charge >= 0.3 is 0 Å². The lowest BCUT2D eigenvalue weighted by atomic mass is 10.0. The normalized spacial score (nSPS) is 32.4. The van der Waals surface area contributed by atoms with Gasteiger partial charge in [-0.2, -0.15) is 0 Å². The number of rotatable bonds is 2. The lowest BCUT2D eigenvalue weighted by molar-refractivity contribution is -0.189. The van der Waals surface area contributed by atoms with Crippen LogP contribution in [0, 0.1) is 5.92 Å². The minimum atomic E-state index is -0.304. The van der Waals surface area contributed by atoms with Crippen molar-refractivity contribution in [2.24, 2.45) is 5.92 Å². The third-order valence-electron chi connectivity index (χ3n) is 1.88. The van der Waals surface area contributed by atoms with E-state index >= 15 is 0 Å². The van der Waals surface area contributed by atoms with E-state index in [2.05, 4.69) is 0 Å². The first-order valence-corrected chi connectivity index (χ1v) is 4.01. The van der Waals surface area contributed by atoms with Gasteiger partial charge in [0.1, 0.15) is 5.78 Å². The average molecular weight is 158 g/mol. The molecule has 0 aromatic heterocycles. The molecular weight excluding hydrogens is 144 g/mol. The Bertz CT molecular complexity index is 142. The molecule has 1 fully saturated rings. The average Bonchev–Trinajstić information content (AvgIpc) is 1.99. The van der Waals surface area contributed by atoms with E-state index in [-0.39, 0.29) is 18.0 Å². The Morgan fingerprint density at radius 3 is 3.09 bits per heavy atom. The molecule has 0 aliphatic carbocycles. The zero-order chi connectivity index (χ0) is 8.27. The fraction of sp³-hybridized carbons (Fsp3) is 0.875. The summed E-state index contributed by atoms with van der Waals surface area (Å²) in [6, 6.07) is 0. The number of carbonyl (C=O) groups is 1. The zero-order valence-electron chi connectivity index (χ0n) is 7.00. The molecule has 2 atom stereocenters. The first-order valence-electron chi connectivity index (χ1n) is 4.01. The molecule has 1 rings (SSSR count). The second-order valence-electron chi connectivity index (χ2n) is 2.70. The van der Waals surface area contributed by atoms with Crippen LogP contribution in [0.2, 0.25) is 0 Å². The summed E-state index contributed by atoms with van der Waals surface area (Å²) in [4.78, 5) is 11.1. The van der Waals surface area contributed by atoms with Gasteiger partial charge in [-0.05, 0) is 6.92 Å². The molecule has 3 heteroatoms. The van der Waals surface area contributed by atoms with Crippen LogP contribution in [-0.4, -0.2) is 25.3 Å². The van der Waals surface area contributed by atoms with Gasteiger partial charge in [0.2, 0.25) is 0 Å². The number of carbonyl (C=O) groups excluding carboxylic acids is 1. The highest BCUT2D eigenvalue weighted by atomic mass is 16.7. The minimum Gasteiger partial charge on any atom is -0.352 e. The monoisotopic (exact) mass is 158 g/mol. The molecule has 1 saturated heterocycles. The van der Waals surface area contributed by atoms with Crippen LogP contribution < -0.4 is 0 Å². The number of ketones is 1. The van der Waals surface area contributed by atoms with Crippen molar-refractivity contribution in [3.05, 3.63) is 0 Å². The van der Waals surface area contributed by atoms with Crippen LogP contribution in [0.25, 0.3) is 0 Å². The quantitative estimate of drug-likeness (QED) is 0.600. The Labute approximate surface area is 66.7 Å². The predicted octanol–water partition coefficient (Wildman–Crippen LogP) is 0.975. The Hall–Kier alpha value is -0.410. The van der Waals surface area contributed by atoms with Gasteiger partial charge in [0.15, 0.2) is 6.29 Å². The van der Waals surface area contributed by atoms with Crippen molar-refractivity contribution >= 4 is 5.78 Å². The van der Waals surface area contributed by atoms with Crippen molar-refractivity contribution in [2.45, 2.75) is 26.6 Å². The third-order valence-corrected chi connectivity index (χ3v) is 1.88. The van der Waals surface area contributed by atoms with Gasteiger partial charge in [-0.3, -0.25) is 4.79 Å². The molecule has 0 aromatic rings. The van der Waals surface area contributed by atoms with Gasteiger partial charge < -0.3 is 9.47 Å². The molecule has 1 heterocycles. The van der Waals surface area contributed by atoms with Crippen molar-refractivity contribution in [3.63, 3.8) is 0 Å². The van der Waals surface area contributed by atoms with Crippen LogP contribution in [0.4, 0.5) is 0 Å². The second-order valence-corrected chi connectivity index (χ2v) is 2.70. The number of Topliss-reactive ketones (excluding diaryl/α,β-unsaturated/α-hetero) is 1. The fourth-order valence-electron chi connectivity index (χ4n) is 1.16. The predicted molar refractivity (Wildman–Crippen MR) is 40.2 cm³/mol. The van der Waals surface area contributed by atoms with Crippen LogP contribution in [0.3, 0.4) is 0 Å². The molecule has 0 saturated carbocycles. The summed E-state index contributed by atoms with van der Waals surface area (Å²) < 4.78 is 10.5. The summed E-state index contributed by atoms with van der Waals surface area (Å²) in [6.07, 6.45) is 0.228. The summed E-state index contributed by atoms with van der Waals surface area (Å²) in [6.45, 7) is 4.85. The summed E-state index contributed by atoms with van der Waals surface area (Å²) in [5, 5.41) is 0. The molecule has 0 bridgehead atoms. The lowest BCUT2D eigenvalue weighted by Crippen LogP contribution is -2.36. The van der Waals surface area contributed by atoms with E-state index < -0.39 is 0 Å². The smallest absolute Gasteiger partial charge is 0.166 e. The van der Waals surface area contributed by atoms with Gasteiger partial charge in [-0.25, -0.2) is 0 Å². The molecule has 64 valence electrons. The maximum Gasteiger partial charge on any atom is 0.166 e. The minimum absolute atomic E-state index is 0.0938. The van der Waals surface area contributed by atoms with E-state index in [1.807, 2.05) is 13.8 Å². The number of hydrogen-bond donors (Lipinski definition) is 0. The molecule has 0 aromatic carbocycles. The zero-order valence-corrected chi connectivity index (χ0v) is 7.00. The molecular formula is C8H14O3. The first-order chi connectivity index (χ1) is 5.25. The summed E-state index contributed by atoms with van der Waals surface area (Å²) >= 11 is 0. The van der Waals surface area contributed by atoms with Crippen LogP contribution in [0.1, 0.15) is 20.3 Å². The van der Waals surface area contributed by atoms with Crippen molar-refractivity contribution in [1.29, 1.82) is 0 Å². The number of ether oxygens (including phenoxy) is 2. The van der Waals surface area contributed by atoms with Gasteiger partial charge in [-0.15, -0.1) is 0 Å². The molecule has 3 nitrogen and oxygen atoms in total. The molecule has 0 radical (unpaired) electrons. The lowest BCUT2D eigenvalue weighted by Gasteiger charge is -2.27. The Morgan fingerprint density at radius 2 is 2.45 bits per heavy atom. The van der Waals surface area contributed by atoms with Gasteiger partial charge in [-0.1, -0.05) is 6.92 Å². The molecule has 1 aliphatic heterocycles. The highest BCUT2D eigenvalue weighted by Gasteiger charge is 2.28. The molecule has 0 unspecified atom stereocenters. The van der Waals surface area contributed by atoms with Crippen molar-refractivity contribution in [3.8, 4) is 0 Å². The third kappa shape index (κ3) is 2.01. The van der Waals surface area contributed by atoms with Crippen molar-refractivity contribution in [2.75, 3.05) is 13.2 Å². The maximum absolute atomic E-state index is 11.1. The number of hydrogen-bond acceptors (Lipinski definition) is 3. The Kier molecular flexibility index (Phi) is 3.02. The summed E-state index contributed by atoms with van der Waals surface area (Å²) in [5.74, 6) is 0.151. The van der Waals surface area contributed by atoms with Crippen molar-refractivity contribution in [1.82, 2.24) is 0 Å². The van der Waals surface area contributed by atoms with E-state index in [4.69, 9.17) is 9.47 Å². The molecule has 1 aliphatic rings. The van der Waals surface area contributed by atoms with Gasteiger partial charge in [0.05, 0.1) is 12.5 Å². The SMILES string of the molecule is CCO[C@H]1OCCC(=O)[C@@H]1C. The highest BCUT2D eigenvalue weighted by Crippen LogP contribution is 2.17. The molecule has 11 heavy (non-hydrogen) atoms. The van der Waals surface area contributed by atoms with Gasteiger partial charge in [0, 0.05) is 13.0 Å². The van der Waals surface area contributed by atoms with Crippen LogP contribution in [0.15, 0.2) is 0 Å². The van der Waals surface area contributed by atoms with Crippen LogP contribution >= 0.6 is 0 Å². The van der Waals surface area contributed by atoms with E-state index in [0.717, 1.165) is 0 Å². The fourth-order valence-corrected chi connectivity index (χ4v) is 1.16. The summed E-state index contributed by atoms with van der Waals surface area (Å²) in [7, 11) is 0. The summed E-state index contributed by atoms with van der Waals surface area (Å²) in [5.41, 5.74) is 0. The Balaban J connectivity index is 2.44. The highest BCUT2D eigenvalue weighted by molar-refractivity contribution is 5.81. The Morgan fingerprint density at radius 1 is 1.73 bits per heavy atom. The van der Waals surface area contributed by atoms with E-state index in [9.17, 15) is 4.79 Å². The van der Waals surface area contributed by atoms with Crippen molar-refractivity contribution < 1.29 is 14.3 Å².